The molecule has 182 valence electrons. The number of aromatic nitrogens is 3. The molecule has 0 saturated carbocycles. The maximum Gasteiger partial charge on any atom is 0.342 e. The minimum atomic E-state index is -0.559. The molecular weight excluding hydrogens is 460 g/mol. The largest absolute Gasteiger partial charge is 0.457 e. The number of pyridine rings is 1. The van der Waals surface area contributed by atoms with Crippen LogP contribution in [0.25, 0.3) is 16.7 Å². The lowest BCUT2D eigenvalue weighted by molar-refractivity contribution is -0.127. The van der Waals surface area contributed by atoms with Crippen molar-refractivity contribution in [1.29, 1.82) is 0 Å². The maximum atomic E-state index is 13.6. The average Bonchev–Trinajstić information content (AvgIpc) is 3.22. The maximum absolute atomic E-state index is 13.6. The van der Waals surface area contributed by atoms with Gasteiger partial charge in [-0.25, -0.2) is 19.1 Å². The number of carbonyl (C=O) groups excluding carboxylic acids is 2. The molecule has 0 spiro atoms. The van der Waals surface area contributed by atoms with Crippen LogP contribution in [0.5, 0.6) is 11.5 Å². The van der Waals surface area contributed by atoms with Gasteiger partial charge < -0.3 is 20.3 Å². The Balaban J connectivity index is 1.49. The first kappa shape index (κ1) is 22.9. The summed E-state index contributed by atoms with van der Waals surface area (Å²) in [6.07, 6.45) is 2.71. The highest BCUT2D eigenvalue weighted by Gasteiger charge is 2.28. The van der Waals surface area contributed by atoms with E-state index in [0.29, 0.717) is 54.4 Å². The van der Waals surface area contributed by atoms with E-state index >= 15 is 0 Å². The molecule has 0 aliphatic carbocycles. The van der Waals surface area contributed by atoms with Crippen LogP contribution in [-0.4, -0.2) is 62.0 Å². The predicted molar refractivity (Wildman–Crippen MR) is 135 cm³/mol. The zero-order valence-corrected chi connectivity index (χ0v) is 19.4. The third kappa shape index (κ3) is 4.09. The van der Waals surface area contributed by atoms with Crippen molar-refractivity contribution in [3.05, 3.63) is 90.0 Å². The SMILES string of the molecule is C=CC(=O)N1CCN(C(=O)n2c(=O)n(-c3ccc(Oc4ccccc4)cc3)c3c(N)nccc32)CC1. The van der Waals surface area contributed by atoms with Gasteiger partial charge in [0.1, 0.15) is 22.8 Å². The van der Waals surface area contributed by atoms with Crippen molar-refractivity contribution in [3.63, 3.8) is 0 Å². The molecule has 2 amide bonds. The number of ether oxygens (including phenoxy) is 1. The van der Waals surface area contributed by atoms with Crippen LogP contribution < -0.4 is 16.2 Å². The Labute approximate surface area is 206 Å². The molecule has 1 aliphatic heterocycles. The number of piperazine rings is 1. The molecule has 2 N–H and O–H groups in total. The Bertz CT molecular complexity index is 1500. The highest BCUT2D eigenvalue weighted by atomic mass is 16.5. The number of hydrogen-bond donors (Lipinski definition) is 1. The summed E-state index contributed by atoms with van der Waals surface area (Å²) in [5.41, 5.74) is 6.81. The van der Waals surface area contributed by atoms with Gasteiger partial charge in [-0.05, 0) is 48.5 Å². The van der Waals surface area contributed by atoms with E-state index in [2.05, 4.69) is 11.6 Å². The van der Waals surface area contributed by atoms with Gasteiger partial charge >= 0.3 is 11.7 Å². The number of para-hydroxylation sites is 1. The summed E-state index contributed by atoms with van der Waals surface area (Å²) < 4.78 is 8.32. The summed E-state index contributed by atoms with van der Waals surface area (Å²) in [6.45, 7) is 4.81. The van der Waals surface area contributed by atoms with Gasteiger partial charge in [0, 0.05) is 32.4 Å². The van der Waals surface area contributed by atoms with Crippen molar-refractivity contribution in [3.8, 4) is 17.2 Å². The van der Waals surface area contributed by atoms with Gasteiger partial charge in [0.25, 0.3) is 0 Å². The first-order valence-electron chi connectivity index (χ1n) is 11.4. The molecule has 0 radical (unpaired) electrons. The molecule has 0 bridgehead atoms. The van der Waals surface area contributed by atoms with E-state index in [0.717, 1.165) is 4.57 Å². The van der Waals surface area contributed by atoms with Crippen LogP contribution in [0.15, 0.2) is 84.3 Å². The van der Waals surface area contributed by atoms with E-state index < -0.39 is 11.7 Å². The molecule has 0 unspecified atom stereocenters. The number of carbonyl (C=O) groups is 2. The van der Waals surface area contributed by atoms with Crippen LogP contribution in [-0.2, 0) is 4.79 Å². The van der Waals surface area contributed by atoms with E-state index in [4.69, 9.17) is 10.5 Å². The second-order valence-electron chi connectivity index (χ2n) is 8.23. The van der Waals surface area contributed by atoms with Crippen LogP contribution in [0, 0.1) is 0 Å². The van der Waals surface area contributed by atoms with E-state index in [1.54, 1.807) is 40.1 Å². The number of hydrogen-bond acceptors (Lipinski definition) is 6. The van der Waals surface area contributed by atoms with E-state index in [-0.39, 0.29) is 11.7 Å². The van der Waals surface area contributed by atoms with Gasteiger partial charge in [-0.3, -0.25) is 9.36 Å². The fraction of sp³-hybridized carbons (Fsp3) is 0.154. The minimum absolute atomic E-state index is 0.127. The summed E-state index contributed by atoms with van der Waals surface area (Å²) in [7, 11) is 0. The first-order chi connectivity index (χ1) is 17.5. The van der Waals surface area contributed by atoms with Crippen molar-refractivity contribution in [2.75, 3.05) is 31.9 Å². The molecule has 10 heteroatoms. The van der Waals surface area contributed by atoms with Gasteiger partial charge in [-0.15, -0.1) is 0 Å². The number of amides is 2. The molecular formula is C26H24N6O4. The third-order valence-electron chi connectivity index (χ3n) is 6.08. The summed E-state index contributed by atoms with van der Waals surface area (Å²) in [5, 5.41) is 0. The number of nitrogen functional groups attached to an aromatic ring is 1. The van der Waals surface area contributed by atoms with E-state index in [1.165, 1.54) is 16.8 Å². The zero-order chi connectivity index (χ0) is 25.2. The normalized spacial score (nSPS) is 13.6. The van der Waals surface area contributed by atoms with Gasteiger partial charge in [-0.1, -0.05) is 24.8 Å². The van der Waals surface area contributed by atoms with Crippen LogP contribution in [0.2, 0.25) is 0 Å². The second kappa shape index (κ2) is 9.41. The topological polar surface area (TPSA) is 116 Å². The molecule has 1 fully saturated rings. The number of fused-ring (bicyclic) bond motifs is 1. The number of rotatable bonds is 4. The van der Waals surface area contributed by atoms with Crippen molar-refractivity contribution in [2.45, 2.75) is 0 Å². The van der Waals surface area contributed by atoms with E-state index in [9.17, 15) is 14.4 Å². The molecule has 36 heavy (non-hydrogen) atoms. The molecule has 0 atom stereocenters. The van der Waals surface area contributed by atoms with Crippen molar-refractivity contribution in [1.82, 2.24) is 23.9 Å². The fourth-order valence-electron chi connectivity index (χ4n) is 4.27. The van der Waals surface area contributed by atoms with Gasteiger partial charge in [0.2, 0.25) is 5.91 Å². The number of nitrogens with two attached hydrogens (primary N) is 1. The monoisotopic (exact) mass is 484 g/mol. The fourth-order valence-corrected chi connectivity index (χ4v) is 4.27. The van der Waals surface area contributed by atoms with Crippen molar-refractivity contribution >= 4 is 28.8 Å². The second-order valence-corrected chi connectivity index (χ2v) is 8.23. The lowest BCUT2D eigenvalue weighted by Gasteiger charge is -2.34. The molecule has 10 nitrogen and oxygen atoms in total. The standard InChI is InChI=1S/C26H24N6O4/c1-2-22(33)29-14-16-30(17-15-29)25(34)32-21-12-13-28-24(27)23(21)31(26(32)35)18-8-10-20(11-9-18)36-19-6-4-3-5-7-19/h2-13H,1,14-17H2,(H2,27,28). The summed E-state index contributed by atoms with van der Waals surface area (Å²) >= 11 is 0. The van der Waals surface area contributed by atoms with Crippen LogP contribution in [0.1, 0.15) is 0 Å². The van der Waals surface area contributed by atoms with Gasteiger partial charge in [-0.2, -0.15) is 0 Å². The van der Waals surface area contributed by atoms with Crippen molar-refractivity contribution in [2.24, 2.45) is 0 Å². The molecule has 2 aromatic heterocycles. The van der Waals surface area contributed by atoms with E-state index in [1.807, 2.05) is 30.3 Å². The predicted octanol–water partition coefficient (Wildman–Crippen LogP) is 2.86. The number of nitrogens with zero attached hydrogens (tertiary/aromatic N) is 5. The number of imidazole rings is 1. The molecule has 3 heterocycles. The summed E-state index contributed by atoms with van der Waals surface area (Å²) in [6, 6.07) is 17.4. The van der Waals surface area contributed by atoms with Crippen LogP contribution >= 0.6 is 0 Å². The molecule has 4 aromatic rings. The zero-order valence-electron chi connectivity index (χ0n) is 19.4. The Morgan fingerprint density at radius 1 is 0.917 bits per heavy atom. The lowest BCUT2D eigenvalue weighted by atomic mass is 10.2. The highest BCUT2D eigenvalue weighted by Crippen LogP contribution is 2.26. The quantitative estimate of drug-likeness (QED) is 0.446. The third-order valence-corrected chi connectivity index (χ3v) is 6.08. The Kier molecular flexibility index (Phi) is 5.99. The molecule has 1 saturated heterocycles. The number of benzene rings is 2. The van der Waals surface area contributed by atoms with Crippen molar-refractivity contribution < 1.29 is 14.3 Å². The number of anilines is 1. The lowest BCUT2D eigenvalue weighted by Crippen LogP contribution is -2.52. The summed E-state index contributed by atoms with van der Waals surface area (Å²) in [4.78, 5) is 46.2. The smallest absolute Gasteiger partial charge is 0.342 e. The van der Waals surface area contributed by atoms with Crippen LogP contribution in [0.4, 0.5) is 10.6 Å². The van der Waals surface area contributed by atoms with Crippen LogP contribution in [0.3, 0.4) is 0 Å². The first-order valence-corrected chi connectivity index (χ1v) is 11.4. The highest BCUT2D eigenvalue weighted by molar-refractivity contribution is 5.95. The molecule has 5 rings (SSSR count). The Morgan fingerprint density at radius 2 is 1.56 bits per heavy atom. The minimum Gasteiger partial charge on any atom is -0.457 e. The molecule has 1 aliphatic rings. The average molecular weight is 485 g/mol. The van der Waals surface area contributed by atoms with Gasteiger partial charge in [0.05, 0.1) is 11.2 Å². The molecule has 2 aromatic carbocycles. The Morgan fingerprint density at radius 3 is 2.22 bits per heavy atom. The van der Waals surface area contributed by atoms with Gasteiger partial charge in [0.15, 0.2) is 0 Å². The Hall–Kier alpha value is -4.86. The summed E-state index contributed by atoms with van der Waals surface area (Å²) in [5.74, 6) is 1.22.